The molecule has 4 aromatic rings. The van der Waals surface area contributed by atoms with Gasteiger partial charge in [0.25, 0.3) is 5.91 Å². The molecule has 0 bridgehead atoms. The highest BCUT2D eigenvalue weighted by atomic mass is 32.1. The number of hydrogen-bond donors (Lipinski definition) is 0. The molecular formula is C25H24N2O4S. The van der Waals surface area contributed by atoms with Gasteiger partial charge in [0.05, 0.1) is 35.7 Å². The summed E-state index contributed by atoms with van der Waals surface area (Å²) in [5.41, 5.74) is 2.05. The number of nitrogens with zero attached hydrogens (tertiary/aromatic N) is 2. The van der Waals surface area contributed by atoms with Crippen LogP contribution in [0.4, 0.5) is 0 Å². The van der Waals surface area contributed by atoms with Gasteiger partial charge >= 0.3 is 0 Å². The number of carbonyl (C=O) groups is 2. The quantitative estimate of drug-likeness (QED) is 0.356. The fraction of sp³-hybridized carbons (Fsp3) is 0.280. The molecule has 7 heteroatoms. The molecule has 1 atom stereocenters. The number of amides is 1. The minimum absolute atomic E-state index is 0.0180. The van der Waals surface area contributed by atoms with Gasteiger partial charge in [-0.1, -0.05) is 30.3 Å². The smallest absolute Gasteiger partial charge is 0.271 e. The molecule has 0 N–H and O–H groups in total. The Morgan fingerprint density at radius 1 is 1.12 bits per heavy atom. The molecule has 1 saturated heterocycles. The van der Waals surface area contributed by atoms with Crippen molar-refractivity contribution in [1.82, 2.24) is 9.47 Å². The topological polar surface area (TPSA) is 64.7 Å². The molecule has 0 aliphatic carbocycles. The maximum atomic E-state index is 13.8. The van der Waals surface area contributed by atoms with E-state index < -0.39 is 0 Å². The summed E-state index contributed by atoms with van der Waals surface area (Å²) in [5, 5.41) is 1.98. The standard InChI is InChI=1S/C25H24N2O4S/c28-23(18-6-2-1-3-7-18)17-27-21-10-13-32-24(21)14-22(27)25(29)26(15-19-8-4-11-30-19)16-20-9-5-12-31-20/h1-4,6-8,10-11,13-14,20H,5,9,12,15-17H2/t20-/m1/s1. The highest BCUT2D eigenvalue weighted by Gasteiger charge is 2.28. The third-order valence-corrected chi connectivity index (χ3v) is 6.65. The van der Waals surface area contributed by atoms with Crippen LogP contribution in [0.1, 0.15) is 39.4 Å². The van der Waals surface area contributed by atoms with E-state index in [0.717, 1.165) is 35.4 Å². The molecule has 3 aromatic heterocycles. The van der Waals surface area contributed by atoms with Crippen molar-refractivity contribution in [2.75, 3.05) is 13.2 Å². The Kier molecular flexibility index (Phi) is 5.92. The molecule has 6 nitrogen and oxygen atoms in total. The van der Waals surface area contributed by atoms with Crippen LogP contribution in [0, 0.1) is 0 Å². The Morgan fingerprint density at radius 2 is 2.00 bits per heavy atom. The van der Waals surface area contributed by atoms with E-state index in [-0.39, 0.29) is 24.3 Å². The Balaban J connectivity index is 1.47. The fourth-order valence-electron chi connectivity index (χ4n) is 4.19. The van der Waals surface area contributed by atoms with E-state index in [4.69, 9.17) is 9.15 Å². The Morgan fingerprint density at radius 3 is 2.75 bits per heavy atom. The second-order valence-electron chi connectivity index (χ2n) is 7.98. The largest absolute Gasteiger partial charge is 0.467 e. The molecule has 164 valence electrons. The summed E-state index contributed by atoms with van der Waals surface area (Å²) in [6.07, 6.45) is 3.57. The van der Waals surface area contributed by atoms with Gasteiger partial charge in [-0.2, -0.15) is 0 Å². The first-order chi connectivity index (χ1) is 15.7. The van der Waals surface area contributed by atoms with Crippen LogP contribution in [-0.4, -0.2) is 40.4 Å². The molecule has 1 fully saturated rings. The number of hydrogen-bond acceptors (Lipinski definition) is 5. The number of thiophene rings is 1. The van der Waals surface area contributed by atoms with Gasteiger partial charge in [-0.05, 0) is 42.5 Å². The molecule has 0 spiro atoms. The minimum Gasteiger partial charge on any atom is -0.467 e. The van der Waals surface area contributed by atoms with Gasteiger partial charge in [-0.25, -0.2) is 0 Å². The predicted molar refractivity (Wildman–Crippen MR) is 123 cm³/mol. The zero-order chi connectivity index (χ0) is 21.9. The molecule has 32 heavy (non-hydrogen) atoms. The third-order valence-electron chi connectivity index (χ3n) is 5.80. The molecule has 5 rings (SSSR count). The van der Waals surface area contributed by atoms with Crippen molar-refractivity contribution < 1.29 is 18.7 Å². The molecule has 1 aliphatic heterocycles. The van der Waals surface area contributed by atoms with Gasteiger partial charge in [0.15, 0.2) is 5.78 Å². The van der Waals surface area contributed by atoms with E-state index in [1.807, 2.05) is 52.4 Å². The van der Waals surface area contributed by atoms with Crippen LogP contribution in [0.2, 0.25) is 0 Å². The van der Waals surface area contributed by atoms with Gasteiger partial charge in [-0.3, -0.25) is 9.59 Å². The first-order valence-electron chi connectivity index (χ1n) is 10.8. The van der Waals surface area contributed by atoms with Crippen molar-refractivity contribution in [3.05, 3.63) is 83.3 Å². The number of rotatable bonds is 8. The van der Waals surface area contributed by atoms with Crippen molar-refractivity contribution in [2.24, 2.45) is 0 Å². The lowest BCUT2D eigenvalue weighted by atomic mass is 10.1. The van der Waals surface area contributed by atoms with Crippen LogP contribution in [-0.2, 0) is 17.8 Å². The summed E-state index contributed by atoms with van der Waals surface area (Å²) in [7, 11) is 0. The molecular weight excluding hydrogens is 424 g/mol. The number of fused-ring (bicyclic) bond motifs is 1. The summed E-state index contributed by atoms with van der Waals surface area (Å²) in [6.45, 7) is 1.69. The lowest BCUT2D eigenvalue weighted by Crippen LogP contribution is -2.38. The zero-order valence-corrected chi connectivity index (χ0v) is 18.4. The number of carbonyl (C=O) groups excluding carboxylic acids is 2. The molecule has 0 unspecified atom stereocenters. The summed E-state index contributed by atoms with van der Waals surface area (Å²) >= 11 is 1.57. The highest BCUT2D eigenvalue weighted by Crippen LogP contribution is 2.27. The van der Waals surface area contributed by atoms with Crippen LogP contribution in [0.3, 0.4) is 0 Å². The van der Waals surface area contributed by atoms with Gasteiger partial charge in [0, 0.05) is 18.7 Å². The summed E-state index contributed by atoms with van der Waals surface area (Å²) in [4.78, 5) is 28.5. The van der Waals surface area contributed by atoms with Crippen LogP contribution < -0.4 is 0 Å². The zero-order valence-electron chi connectivity index (χ0n) is 17.6. The van der Waals surface area contributed by atoms with Crippen LogP contribution in [0.5, 0.6) is 0 Å². The Hall–Kier alpha value is -3.16. The van der Waals surface area contributed by atoms with E-state index in [9.17, 15) is 9.59 Å². The summed E-state index contributed by atoms with van der Waals surface area (Å²) < 4.78 is 14.2. The molecule has 1 aromatic carbocycles. The van der Waals surface area contributed by atoms with Crippen molar-refractivity contribution in [2.45, 2.75) is 32.0 Å². The number of aromatic nitrogens is 1. The third kappa shape index (κ3) is 4.26. The van der Waals surface area contributed by atoms with E-state index in [1.54, 1.807) is 34.6 Å². The van der Waals surface area contributed by atoms with Crippen LogP contribution >= 0.6 is 11.3 Å². The highest BCUT2D eigenvalue weighted by molar-refractivity contribution is 7.17. The van der Waals surface area contributed by atoms with Gasteiger partial charge in [-0.15, -0.1) is 11.3 Å². The number of benzene rings is 1. The average molecular weight is 449 g/mol. The Labute approximate surface area is 190 Å². The molecule has 4 heterocycles. The summed E-state index contributed by atoms with van der Waals surface area (Å²) in [6, 6.07) is 16.7. The van der Waals surface area contributed by atoms with Gasteiger partial charge < -0.3 is 18.6 Å². The molecule has 1 aliphatic rings. The number of ketones is 1. The second kappa shape index (κ2) is 9.14. The van der Waals surface area contributed by atoms with E-state index in [1.165, 1.54) is 0 Å². The lowest BCUT2D eigenvalue weighted by Gasteiger charge is -2.25. The second-order valence-corrected chi connectivity index (χ2v) is 8.92. The van der Waals surface area contributed by atoms with Gasteiger partial charge in [0.1, 0.15) is 11.5 Å². The predicted octanol–water partition coefficient (Wildman–Crippen LogP) is 5.00. The van der Waals surface area contributed by atoms with Crippen molar-refractivity contribution >= 4 is 33.2 Å². The lowest BCUT2D eigenvalue weighted by molar-refractivity contribution is 0.0484. The van der Waals surface area contributed by atoms with Crippen LogP contribution in [0.15, 0.2) is 70.7 Å². The van der Waals surface area contributed by atoms with Crippen LogP contribution in [0.25, 0.3) is 10.2 Å². The number of ether oxygens (including phenoxy) is 1. The number of furan rings is 1. The van der Waals surface area contributed by atoms with E-state index in [2.05, 4.69) is 0 Å². The first kappa shape index (κ1) is 20.7. The maximum absolute atomic E-state index is 13.8. The normalized spacial score (nSPS) is 15.9. The monoisotopic (exact) mass is 448 g/mol. The van der Waals surface area contributed by atoms with Crippen molar-refractivity contribution in [1.29, 1.82) is 0 Å². The van der Waals surface area contributed by atoms with E-state index in [0.29, 0.717) is 24.3 Å². The maximum Gasteiger partial charge on any atom is 0.271 e. The molecule has 0 saturated carbocycles. The van der Waals surface area contributed by atoms with Crippen molar-refractivity contribution in [3.8, 4) is 0 Å². The molecule has 0 radical (unpaired) electrons. The van der Waals surface area contributed by atoms with E-state index >= 15 is 0 Å². The first-order valence-corrected chi connectivity index (χ1v) is 11.7. The number of Topliss-reactive ketones (excluding diaryl/α,β-unsaturated/α-hetero) is 1. The Bertz CT molecular complexity index is 1200. The minimum atomic E-state index is -0.124. The molecule has 1 amide bonds. The summed E-state index contributed by atoms with van der Waals surface area (Å²) in [5.74, 6) is 0.567. The fourth-order valence-corrected chi connectivity index (χ4v) is 5.01. The SMILES string of the molecule is O=C(Cn1c(C(=O)N(Cc2ccco2)C[C@H]2CCCO2)cc2sccc21)c1ccccc1. The van der Waals surface area contributed by atoms with Crippen molar-refractivity contribution in [3.63, 3.8) is 0 Å². The van der Waals surface area contributed by atoms with Gasteiger partial charge in [0.2, 0.25) is 0 Å². The average Bonchev–Trinajstić information content (AvgIpc) is 3.61.